The smallest absolute Gasteiger partial charge is 0.274 e. The third kappa shape index (κ3) is 4.34. The van der Waals surface area contributed by atoms with Gasteiger partial charge < -0.3 is 15.1 Å². The summed E-state index contributed by atoms with van der Waals surface area (Å²) in [5.41, 5.74) is 2.77. The van der Waals surface area contributed by atoms with Crippen molar-refractivity contribution in [3.63, 3.8) is 0 Å². The number of benzene rings is 2. The Balaban J connectivity index is 1.42. The first-order valence-electron chi connectivity index (χ1n) is 9.55. The van der Waals surface area contributed by atoms with Gasteiger partial charge in [-0.2, -0.15) is 0 Å². The Kier molecular flexibility index (Phi) is 5.37. The summed E-state index contributed by atoms with van der Waals surface area (Å²) in [6.45, 7) is 4.61. The maximum absolute atomic E-state index is 14.0. The minimum atomic E-state index is -0.275. The van der Waals surface area contributed by atoms with E-state index in [0.29, 0.717) is 43.5 Å². The summed E-state index contributed by atoms with van der Waals surface area (Å²) in [5.74, 6) is 0.0178. The fraction of sp³-hybridized carbons (Fsp3) is 0.227. The highest BCUT2D eigenvalue weighted by Gasteiger charge is 2.21. The molecule has 0 atom stereocenters. The van der Waals surface area contributed by atoms with Crippen molar-refractivity contribution in [1.82, 2.24) is 9.97 Å². The second-order valence-electron chi connectivity index (χ2n) is 6.99. The molecule has 7 heteroatoms. The highest BCUT2D eigenvalue weighted by molar-refractivity contribution is 6.02. The number of para-hydroxylation sites is 1. The van der Waals surface area contributed by atoms with Gasteiger partial charge in [-0.25, -0.2) is 14.4 Å². The van der Waals surface area contributed by atoms with Crippen LogP contribution in [0.3, 0.4) is 0 Å². The minimum absolute atomic E-state index is 0.216. The van der Waals surface area contributed by atoms with Crippen molar-refractivity contribution in [2.45, 2.75) is 6.92 Å². The highest BCUT2D eigenvalue weighted by Crippen LogP contribution is 2.21. The molecule has 1 aliphatic rings. The fourth-order valence-electron chi connectivity index (χ4n) is 3.31. The SMILES string of the molecule is Cc1ccc(NC(=O)c2ccnc(N3CCN(c4ccccc4F)CC3)n2)cc1. The quantitative estimate of drug-likeness (QED) is 0.738. The van der Waals surface area contributed by atoms with Crippen LogP contribution in [0.1, 0.15) is 16.1 Å². The van der Waals surface area contributed by atoms with Crippen LogP contribution in [0.15, 0.2) is 60.8 Å². The van der Waals surface area contributed by atoms with Crippen LogP contribution in [0.4, 0.5) is 21.7 Å². The summed E-state index contributed by atoms with van der Waals surface area (Å²) in [5, 5.41) is 2.85. The van der Waals surface area contributed by atoms with E-state index in [0.717, 1.165) is 11.3 Å². The zero-order valence-electron chi connectivity index (χ0n) is 16.2. The first-order chi connectivity index (χ1) is 14.1. The lowest BCUT2D eigenvalue weighted by Crippen LogP contribution is -2.47. The number of carbonyl (C=O) groups is 1. The van der Waals surface area contributed by atoms with Crippen LogP contribution in [0.5, 0.6) is 0 Å². The summed E-state index contributed by atoms with van der Waals surface area (Å²) >= 11 is 0. The van der Waals surface area contributed by atoms with E-state index in [-0.39, 0.29) is 11.7 Å². The molecule has 4 rings (SSSR count). The van der Waals surface area contributed by atoms with Gasteiger partial charge in [-0.05, 0) is 37.3 Å². The van der Waals surface area contributed by atoms with Crippen molar-refractivity contribution in [3.8, 4) is 0 Å². The predicted molar refractivity (Wildman–Crippen MR) is 112 cm³/mol. The first kappa shape index (κ1) is 18.9. The average Bonchev–Trinajstić information content (AvgIpc) is 2.76. The van der Waals surface area contributed by atoms with Gasteiger partial charge in [-0.3, -0.25) is 4.79 Å². The van der Waals surface area contributed by atoms with Crippen LogP contribution in [-0.4, -0.2) is 42.1 Å². The van der Waals surface area contributed by atoms with Crippen molar-refractivity contribution in [3.05, 3.63) is 77.9 Å². The molecule has 0 spiro atoms. The number of hydrogen-bond donors (Lipinski definition) is 1. The lowest BCUT2D eigenvalue weighted by atomic mass is 10.2. The highest BCUT2D eigenvalue weighted by atomic mass is 19.1. The predicted octanol–water partition coefficient (Wildman–Crippen LogP) is 3.50. The molecule has 3 aromatic rings. The third-order valence-corrected chi connectivity index (χ3v) is 4.94. The minimum Gasteiger partial charge on any atom is -0.366 e. The van der Waals surface area contributed by atoms with Crippen molar-refractivity contribution >= 4 is 23.2 Å². The molecule has 1 fully saturated rings. The van der Waals surface area contributed by atoms with E-state index in [4.69, 9.17) is 0 Å². The molecule has 148 valence electrons. The maximum atomic E-state index is 14.0. The van der Waals surface area contributed by atoms with Crippen LogP contribution >= 0.6 is 0 Å². The second kappa shape index (κ2) is 8.26. The Hall–Kier alpha value is -3.48. The van der Waals surface area contributed by atoms with Crippen molar-refractivity contribution in [1.29, 1.82) is 0 Å². The van der Waals surface area contributed by atoms with Crippen molar-refractivity contribution in [2.75, 3.05) is 41.3 Å². The number of nitrogens with one attached hydrogen (secondary N) is 1. The van der Waals surface area contributed by atoms with Crippen molar-refractivity contribution in [2.24, 2.45) is 0 Å². The Morgan fingerprint density at radius 2 is 1.66 bits per heavy atom. The number of aromatic nitrogens is 2. The van der Waals surface area contributed by atoms with Crippen LogP contribution in [0.25, 0.3) is 0 Å². The molecule has 2 heterocycles. The molecule has 0 radical (unpaired) electrons. The Morgan fingerprint density at radius 3 is 2.38 bits per heavy atom. The summed E-state index contributed by atoms with van der Waals surface area (Å²) in [6, 6.07) is 16.0. The van der Waals surface area contributed by atoms with Gasteiger partial charge in [0.05, 0.1) is 5.69 Å². The molecule has 1 amide bonds. The molecule has 0 unspecified atom stereocenters. The summed E-state index contributed by atoms with van der Waals surface area (Å²) < 4.78 is 14.0. The van der Waals surface area contributed by atoms with Crippen LogP contribution in [0.2, 0.25) is 0 Å². The van der Waals surface area contributed by atoms with Gasteiger partial charge in [-0.1, -0.05) is 29.8 Å². The van der Waals surface area contributed by atoms with E-state index in [1.165, 1.54) is 6.07 Å². The van der Waals surface area contributed by atoms with Crippen molar-refractivity contribution < 1.29 is 9.18 Å². The number of anilines is 3. The van der Waals surface area contributed by atoms with E-state index in [1.54, 1.807) is 24.4 Å². The van der Waals surface area contributed by atoms with E-state index in [1.807, 2.05) is 47.1 Å². The molecule has 6 nitrogen and oxygen atoms in total. The average molecular weight is 391 g/mol. The molecular weight excluding hydrogens is 369 g/mol. The van der Waals surface area contributed by atoms with E-state index < -0.39 is 0 Å². The van der Waals surface area contributed by atoms with Crippen LogP contribution in [-0.2, 0) is 0 Å². The molecule has 1 saturated heterocycles. The number of amides is 1. The van der Waals surface area contributed by atoms with E-state index in [9.17, 15) is 9.18 Å². The van der Waals surface area contributed by atoms with Gasteiger partial charge in [0, 0.05) is 38.1 Å². The van der Waals surface area contributed by atoms with Crippen LogP contribution < -0.4 is 15.1 Å². The topological polar surface area (TPSA) is 61.4 Å². The second-order valence-corrected chi connectivity index (χ2v) is 6.99. The zero-order valence-corrected chi connectivity index (χ0v) is 16.2. The lowest BCUT2D eigenvalue weighted by molar-refractivity contribution is 0.102. The molecule has 29 heavy (non-hydrogen) atoms. The number of rotatable bonds is 4. The van der Waals surface area contributed by atoms with Gasteiger partial charge in [0.2, 0.25) is 5.95 Å². The molecule has 2 aromatic carbocycles. The van der Waals surface area contributed by atoms with Gasteiger partial charge in [0.15, 0.2) is 0 Å². The maximum Gasteiger partial charge on any atom is 0.274 e. The van der Waals surface area contributed by atoms with Gasteiger partial charge >= 0.3 is 0 Å². The number of hydrogen-bond acceptors (Lipinski definition) is 5. The number of piperazine rings is 1. The summed E-state index contributed by atoms with van der Waals surface area (Å²) in [4.78, 5) is 25.3. The van der Waals surface area contributed by atoms with Gasteiger partial charge in [-0.15, -0.1) is 0 Å². The van der Waals surface area contributed by atoms with Gasteiger partial charge in [0.25, 0.3) is 5.91 Å². The molecule has 0 saturated carbocycles. The van der Waals surface area contributed by atoms with Gasteiger partial charge in [0.1, 0.15) is 11.5 Å². The third-order valence-electron chi connectivity index (χ3n) is 4.94. The largest absolute Gasteiger partial charge is 0.366 e. The summed E-state index contributed by atoms with van der Waals surface area (Å²) in [6.07, 6.45) is 1.59. The normalized spacial score (nSPS) is 14.0. The first-order valence-corrected chi connectivity index (χ1v) is 9.55. The number of aryl methyl sites for hydroxylation is 1. The molecule has 0 aliphatic carbocycles. The number of halogens is 1. The summed E-state index contributed by atoms with van der Waals surface area (Å²) in [7, 11) is 0. The number of carbonyl (C=O) groups excluding carboxylic acids is 1. The Bertz CT molecular complexity index is 1000. The monoisotopic (exact) mass is 391 g/mol. The molecule has 1 aromatic heterocycles. The molecule has 1 N–H and O–H groups in total. The number of nitrogens with zero attached hydrogens (tertiary/aromatic N) is 4. The lowest BCUT2D eigenvalue weighted by Gasteiger charge is -2.36. The standard InChI is InChI=1S/C22H22FN5O/c1-16-6-8-17(9-7-16)25-21(29)19-10-11-24-22(26-19)28-14-12-27(13-15-28)20-5-3-2-4-18(20)23/h2-11H,12-15H2,1H3,(H,25,29). The Morgan fingerprint density at radius 1 is 0.966 bits per heavy atom. The molecule has 0 bridgehead atoms. The van der Waals surface area contributed by atoms with E-state index in [2.05, 4.69) is 15.3 Å². The molecule has 1 aliphatic heterocycles. The van der Waals surface area contributed by atoms with E-state index >= 15 is 0 Å². The Labute approximate surface area is 169 Å². The zero-order chi connectivity index (χ0) is 20.2. The fourth-order valence-corrected chi connectivity index (χ4v) is 3.31. The van der Waals surface area contributed by atoms with Crippen LogP contribution in [0, 0.1) is 12.7 Å². The molecular formula is C22H22FN5O.